The fraction of sp³-hybridized carbons (Fsp3) is 0.400. The molecular weight excluding hydrogens is 522 g/mol. The van der Waals surface area contributed by atoms with Crippen molar-refractivity contribution in [3.05, 3.63) is 52.5 Å². The number of carbonyl (C=O) groups is 3. The molecule has 4 amide bonds. The maximum atomic E-state index is 12.9. The number of benzene rings is 1. The van der Waals surface area contributed by atoms with Gasteiger partial charge in [-0.05, 0) is 50.5 Å². The highest BCUT2D eigenvalue weighted by Gasteiger charge is 2.26. The average Bonchev–Trinajstić information content (AvgIpc) is 3.69. The number of aromatic amines is 1. The van der Waals surface area contributed by atoms with Crippen LogP contribution >= 0.6 is 0 Å². The first-order valence-corrected chi connectivity index (χ1v) is 13.9. The van der Waals surface area contributed by atoms with Crippen LogP contribution in [0.2, 0.25) is 0 Å². The van der Waals surface area contributed by atoms with Crippen molar-refractivity contribution in [3.63, 3.8) is 0 Å². The highest BCUT2D eigenvalue weighted by atomic mass is 16.5. The zero-order valence-corrected chi connectivity index (χ0v) is 24.1. The van der Waals surface area contributed by atoms with Gasteiger partial charge in [0.2, 0.25) is 5.91 Å². The largest absolute Gasteiger partial charge is 0.359 e. The van der Waals surface area contributed by atoms with Gasteiger partial charge in [0.15, 0.2) is 5.82 Å². The average molecular weight is 560 g/mol. The molecule has 2 aromatic heterocycles. The molecule has 5 rings (SSSR count). The van der Waals surface area contributed by atoms with E-state index in [1.54, 1.807) is 30.3 Å². The Kier molecular flexibility index (Phi) is 7.72. The highest BCUT2D eigenvalue weighted by molar-refractivity contribution is 6.35. The maximum Gasteiger partial charge on any atom is 0.324 e. The number of hydrogen-bond donors (Lipinski definition) is 6. The van der Waals surface area contributed by atoms with Crippen molar-refractivity contribution in [2.24, 2.45) is 0 Å². The SMILES string of the molecule is Cc1[nH]c(C=C2C(=O)Nc3cc(NC(=O)Nc4cc(C(C)(C)C)on4)ccc32)c(C)c1NC(=O)CNC1CCCC1. The van der Waals surface area contributed by atoms with Gasteiger partial charge in [-0.15, -0.1) is 0 Å². The Bertz CT molecular complexity index is 1520. The molecule has 6 N–H and O–H groups in total. The van der Waals surface area contributed by atoms with E-state index in [0.29, 0.717) is 40.1 Å². The number of carbonyl (C=O) groups excluding carboxylic acids is 3. The Morgan fingerprint density at radius 2 is 1.85 bits per heavy atom. The highest BCUT2D eigenvalue weighted by Crippen LogP contribution is 2.36. The predicted octanol–water partition coefficient (Wildman–Crippen LogP) is 5.52. The summed E-state index contributed by atoms with van der Waals surface area (Å²) >= 11 is 0. The third kappa shape index (κ3) is 6.35. The number of anilines is 4. The van der Waals surface area contributed by atoms with E-state index in [1.165, 1.54) is 12.8 Å². The molecule has 1 aliphatic heterocycles. The number of amides is 4. The van der Waals surface area contributed by atoms with Crippen LogP contribution in [0.15, 0.2) is 28.8 Å². The summed E-state index contributed by atoms with van der Waals surface area (Å²) in [6.07, 6.45) is 6.43. The number of urea groups is 1. The van der Waals surface area contributed by atoms with E-state index in [9.17, 15) is 14.4 Å². The maximum absolute atomic E-state index is 12.9. The zero-order valence-electron chi connectivity index (χ0n) is 24.1. The molecule has 0 unspecified atom stereocenters. The van der Waals surface area contributed by atoms with Gasteiger partial charge in [-0.1, -0.05) is 44.8 Å². The number of H-pyrrole nitrogens is 1. The predicted molar refractivity (Wildman–Crippen MR) is 160 cm³/mol. The Morgan fingerprint density at radius 1 is 1.10 bits per heavy atom. The summed E-state index contributed by atoms with van der Waals surface area (Å²) in [4.78, 5) is 41.3. The first-order chi connectivity index (χ1) is 19.5. The monoisotopic (exact) mass is 559 g/mol. The van der Waals surface area contributed by atoms with Crippen molar-refractivity contribution in [2.75, 3.05) is 27.8 Å². The normalized spacial score (nSPS) is 16.1. The van der Waals surface area contributed by atoms with Crippen LogP contribution in [0.5, 0.6) is 0 Å². The minimum atomic E-state index is -0.482. The van der Waals surface area contributed by atoms with Gasteiger partial charge in [-0.25, -0.2) is 4.79 Å². The second kappa shape index (κ2) is 11.2. The summed E-state index contributed by atoms with van der Waals surface area (Å²) in [5, 5.41) is 18.5. The number of fused-ring (bicyclic) bond motifs is 1. The van der Waals surface area contributed by atoms with Gasteiger partial charge in [0.1, 0.15) is 5.76 Å². The number of rotatable bonds is 7. The fourth-order valence-electron chi connectivity index (χ4n) is 5.18. The molecule has 0 atom stereocenters. The van der Waals surface area contributed by atoms with E-state index in [0.717, 1.165) is 35.5 Å². The molecule has 0 bridgehead atoms. The third-order valence-corrected chi connectivity index (χ3v) is 7.49. The molecule has 0 spiro atoms. The van der Waals surface area contributed by atoms with E-state index >= 15 is 0 Å². The Balaban J connectivity index is 1.26. The molecule has 3 aromatic rings. The van der Waals surface area contributed by atoms with E-state index in [2.05, 4.69) is 36.7 Å². The van der Waals surface area contributed by atoms with Crippen molar-refractivity contribution in [1.29, 1.82) is 0 Å². The molecule has 41 heavy (non-hydrogen) atoms. The van der Waals surface area contributed by atoms with Crippen LogP contribution in [0, 0.1) is 13.8 Å². The van der Waals surface area contributed by atoms with Gasteiger partial charge in [0, 0.05) is 40.2 Å². The molecule has 1 saturated carbocycles. The molecule has 2 aliphatic rings. The lowest BCUT2D eigenvalue weighted by molar-refractivity contribution is -0.115. The van der Waals surface area contributed by atoms with Crippen LogP contribution in [0.4, 0.5) is 27.7 Å². The fourth-order valence-corrected chi connectivity index (χ4v) is 5.18. The van der Waals surface area contributed by atoms with Crippen LogP contribution < -0.4 is 26.6 Å². The van der Waals surface area contributed by atoms with Crippen molar-refractivity contribution < 1.29 is 18.9 Å². The van der Waals surface area contributed by atoms with Gasteiger partial charge in [0.25, 0.3) is 5.91 Å². The van der Waals surface area contributed by atoms with Crippen molar-refractivity contribution >= 4 is 52.4 Å². The first-order valence-electron chi connectivity index (χ1n) is 13.9. The lowest BCUT2D eigenvalue weighted by Gasteiger charge is -2.12. The van der Waals surface area contributed by atoms with Gasteiger partial charge in [0.05, 0.1) is 23.5 Å². The summed E-state index contributed by atoms with van der Waals surface area (Å²) in [5.41, 5.74) is 5.19. The van der Waals surface area contributed by atoms with Gasteiger partial charge >= 0.3 is 6.03 Å². The van der Waals surface area contributed by atoms with Crippen LogP contribution in [0.25, 0.3) is 11.6 Å². The van der Waals surface area contributed by atoms with Crippen molar-refractivity contribution in [3.8, 4) is 0 Å². The Hall–Kier alpha value is -4.38. The van der Waals surface area contributed by atoms with Crippen LogP contribution in [-0.2, 0) is 15.0 Å². The molecule has 0 radical (unpaired) electrons. The van der Waals surface area contributed by atoms with Gasteiger partial charge < -0.3 is 30.8 Å². The lowest BCUT2D eigenvalue weighted by Crippen LogP contribution is -2.34. The molecule has 11 heteroatoms. The molecular formula is C30H37N7O4. The molecule has 1 fully saturated rings. The van der Waals surface area contributed by atoms with Crippen molar-refractivity contribution in [1.82, 2.24) is 15.5 Å². The quantitative estimate of drug-likeness (QED) is 0.210. The number of aryl methyl sites for hydroxylation is 1. The van der Waals surface area contributed by atoms with Crippen molar-refractivity contribution in [2.45, 2.75) is 71.8 Å². The Morgan fingerprint density at radius 3 is 2.56 bits per heavy atom. The minimum absolute atomic E-state index is 0.0903. The van der Waals surface area contributed by atoms with Crippen LogP contribution in [-0.4, -0.2) is 40.6 Å². The number of hydrogen-bond acceptors (Lipinski definition) is 6. The van der Waals surface area contributed by atoms with E-state index in [1.807, 2.05) is 34.6 Å². The van der Waals surface area contributed by atoms with Crippen LogP contribution in [0.1, 0.15) is 74.7 Å². The number of nitrogens with zero attached hydrogens (tertiary/aromatic N) is 1. The summed E-state index contributed by atoms with van der Waals surface area (Å²) in [6.45, 7) is 10.0. The summed E-state index contributed by atoms with van der Waals surface area (Å²) in [7, 11) is 0. The second-order valence-corrected chi connectivity index (χ2v) is 11.8. The molecule has 3 heterocycles. The van der Waals surface area contributed by atoms with E-state index < -0.39 is 6.03 Å². The molecule has 11 nitrogen and oxygen atoms in total. The molecule has 1 aliphatic carbocycles. The van der Waals surface area contributed by atoms with Gasteiger partial charge in [-0.2, -0.15) is 0 Å². The standard InChI is InChI=1S/C30H37N7O4/c1-16-22(32-17(2)27(16)36-26(38)15-31-18-8-6-7-9-18)13-21-20-11-10-19(12-23(20)34-28(21)39)33-29(40)35-25-14-24(41-37-25)30(3,4)5/h10-14,18,31-32H,6-9,15H2,1-5H3,(H,34,39)(H,36,38)(H2,33,35,37,40). The number of nitrogens with one attached hydrogen (secondary N) is 6. The lowest BCUT2D eigenvalue weighted by atomic mass is 9.93. The second-order valence-electron chi connectivity index (χ2n) is 11.8. The van der Waals surface area contributed by atoms with Crippen LogP contribution in [0.3, 0.4) is 0 Å². The summed E-state index contributed by atoms with van der Waals surface area (Å²) in [5.74, 6) is 0.625. The third-order valence-electron chi connectivity index (χ3n) is 7.49. The molecule has 0 saturated heterocycles. The summed E-state index contributed by atoms with van der Waals surface area (Å²) in [6, 6.07) is 6.83. The van der Waals surface area contributed by atoms with Gasteiger partial charge in [-0.3, -0.25) is 14.9 Å². The topological polar surface area (TPSA) is 153 Å². The summed E-state index contributed by atoms with van der Waals surface area (Å²) < 4.78 is 5.31. The smallest absolute Gasteiger partial charge is 0.324 e. The minimum Gasteiger partial charge on any atom is -0.359 e. The molecule has 1 aromatic carbocycles. The Labute approximate surface area is 238 Å². The first kappa shape index (κ1) is 28.2. The van der Waals surface area contributed by atoms with E-state index in [-0.39, 0.29) is 23.8 Å². The zero-order chi connectivity index (χ0) is 29.3. The molecule has 216 valence electrons. The number of aromatic nitrogens is 2. The van der Waals surface area contributed by atoms with E-state index in [4.69, 9.17) is 4.52 Å².